The van der Waals surface area contributed by atoms with E-state index in [9.17, 15) is 9.59 Å². The van der Waals surface area contributed by atoms with Gasteiger partial charge in [-0.05, 0) is 49.6 Å². The van der Waals surface area contributed by atoms with Crippen LogP contribution in [0.5, 0.6) is 0 Å². The number of rotatable bonds is 3. The van der Waals surface area contributed by atoms with E-state index >= 15 is 0 Å². The first-order chi connectivity index (χ1) is 13.1. The van der Waals surface area contributed by atoms with Gasteiger partial charge in [-0.1, -0.05) is 6.07 Å². The third kappa shape index (κ3) is 3.69. The van der Waals surface area contributed by atoms with E-state index in [0.29, 0.717) is 17.8 Å². The highest BCUT2D eigenvalue weighted by atomic mass is 16.4. The van der Waals surface area contributed by atoms with Gasteiger partial charge >= 0.3 is 5.63 Å². The average molecular weight is 363 g/mol. The van der Waals surface area contributed by atoms with E-state index in [1.54, 1.807) is 12.3 Å². The van der Waals surface area contributed by atoms with Crippen LogP contribution in [0.2, 0.25) is 0 Å². The number of anilines is 2. The lowest BCUT2D eigenvalue weighted by Crippen LogP contribution is -2.41. The lowest BCUT2D eigenvalue weighted by atomic mass is 9.97. The molecule has 0 bridgehead atoms. The molecule has 3 aromatic rings. The first kappa shape index (κ1) is 17.3. The molecule has 0 radical (unpaired) electrons. The normalized spacial score (nSPS) is 17.1. The molecule has 27 heavy (non-hydrogen) atoms. The number of pyridine rings is 1. The molecule has 0 aliphatic carbocycles. The second-order valence-electron chi connectivity index (χ2n) is 6.92. The Balaban J connectivity index is 1.50. The standard InChI is InChI=1S/C21H21N3O3/c1-14-11-20(25)27-18-12-16(7-8-17(14)18)23-21(26)15-5-4-10-24(13-15)19-6-2-3-9-22-19/h2-3,6-9,11-12,15H,4-5,10,13H2,1H3,(H,23,26). The maximum absolute atomic E-state index is 12.8. The highest BCUT2D eigenvalue weighted by molar-refractivity contribution is 5.95. The zero-order valence-corrected chi connectivity index (χ0v) is 15.1. The van der Waals surface area contributed by atoms with Crippen LogP contribution in [0.3, 0.4) is 0 Å². The molecule has 6 heteroatoms. The van der Waals surface area contributed by atoms with Gasteiger partial charge in [0.05, 0.1) is 5.92 Å². The molecule has 1 aliphatic rings. The van der Waals surface area contributed by atoms with E-state index in [0.717, 1.165) is 36.2 Å². The summed E-state index contributed by atoms with van der Waals surface area (Å²) in [6, 6.07) is 12.7. The summed E-state index contributed by atoms with van der Waals surface area (Å²) in [7, 11) is 0. The Kier molecular flexibility index (Phi) is 4.62. The van der Waals surface area contributed by atoms with Crippen molar-refractivity contribution in [1.82, 2.24) is 4.98 Å². The number of piperidine rings is 1. The van der Waals surface area contributed by atoms with Gasteiger partial charge in [0.15, 0.2) is 0 Å². The Morgan fingerprint density at radius 3 is 2.96 bits per heavy atom. The Hall–Kier alpha value is -3.15. The van der Waals surface area contributed by atoms with Crippen LogP contribution >= 0.6 is 0 Å². The number of nitrogens with zero attached hydrogens (tertiary/aromatic N) is 2. The molecule has 1 fully saturated rings. The second-order valence-corrected chi connectivity index (χ2v) is 6.92. The molecule has 3 heterocycles. The van der Waals surface area contributed by atoms with Crippen molar-refractivity contribution < 1.29 is 9.21 Å². The number of carbonyl (C=O) groups is 1. The van der Waals surface area contributed by atoms with Crippen LogP contribution in [-0.4, -0.2) is 24.0 Å². The van der Waals surface area contributed by atoms with Crippen LogP contribution in [0.15, 0.2) is 57.9 Å². The SMILES string of the molecule is Cc1cc(=O)oc2cc(NC(=O)C3CCCN(c4ccccn4)C3)ccc12. The number of nitrogens with one attached hydrogen (secondary N) is 1. The fourth-order valence-corrected chi connectivity index (χ4v) is 3.59. The van der Waals surface area contributed by atoms with E-state index in [4.69, 9.17) is 4.42 Å². The first-order valence-corrected chi connectivity index (χ1v) is 9.11. The molecule has 1 aromatic carbocycles. The van der Waals surface area contributed by atoms with Gasteiger partial charge in [0.1, 0.15) is 11.4 Å². The number of hydrogen-bond acceptors (Lipinski definition) is 5. The van der Waals surface area contributed by atoms with Crippen molar-refractivity contribution in [2.24, 2.45) is 5.92 Å². The lowest BCUT2D eigenvalue weighted by molar-refractivity contribution is -0.120. The number of benzene rings is 1. The second kappa shape index (κ2) is 7.23. The molecule has 1 atom stereocenters. The Morgan fingerprint density at radius 2 is 2.15 bits per heavy atom. The molecule has 1 unspecified atom stereocenters. The van der Waals surface area contributed by atoms with Crippen LogP contribution in [-0.2, 0) is 4.79 Å². The summed E-state index contributed by atoms with van der Waals surface area (Å²) >= 11 is 0. The maximum Gasteiger partial charge on any atom is 0.336 e. The largest absolute Gasteiger partial charge is 0.423 e. The minimum Gasteiger partial charge on any atom is -0.423 e. The van der Waals surface area contributed by atoms with E-state index in [1.165, 1.54) is 6.07 Å². The van der Waals surface area contributed by atoms with Crippen LogP contribution in [0.25, 0.3) is 11.0 Å². The van der Waals surface area contributed by atoms with E-state index in [-0.39, 0.29) is 17.5 Å². The maximum atomic E-state index is 12.8. The topological polar surface area (TPSA) is 75.4 Å². The van der Waals surface area contributed by atoms with Crippen molar-refractivity contribution in [3.8, 4) is 0 Å². The molecule has 1 aliphatic heterocycles. The monoisotopic (exact) mass is 363 g/mol. The molecule has 1 saturated heterocycles. The quantitative estimate of drug-likeness (QED) is 0.722. The highest BCUT2D eigenvalue weighted by Gasteiger charge is 2.26. The first-order valence-electron chi connectivity index (χ1n) is 9.11. The van der Waals surface area contributed by atoms with E-state index < -0.39 is 0 Å². The predicted molar refractivity (Wildman–Crippen MR) is 105 cm³/mol. The average Bonchev–Trinajstić information content (AvgIpc) is 2.68. The van der Waals surface area contributed by atoms with E-state index in [1.807, 2.05) is 37.3 Å². The molecular formula is C21H21N3O3. The molecule has 6 nitrogen and oxygen atoms in total. The number of amides is 1. The number of carbonyl (C=O) groups excluding carboxylic acids is 1. The number of aromatic nitrogens is 1. The Bertz CT molecular complexity index is 1030. The third-order valence-electron chi connectivity index (χ3n) is 4.98. The molecule has 1 N–H and O–H groups in total. The van der Waals surface area contributed by atoms with Gasteiger partial charge in [-0.15, -0.1) is 0 Å². The van der Waals surface area contributed by atoms with Crippen LogP contribution in [0.1, 0.15) is 18.4 Å². The van der Waals surface area contributed by atoms with Gasteiger partial charge in [-0.25, -0.2) is 9.78 Å². The van der Waals surface area contributed by atoms with Crippen molar-refractivity contribution >= 4 is 28.4 Å². The number of fused-ring (bicyclic) bond motifs is 1. The smallest absolute Gasteiger partial charge is 0.336 e. The van der Waals surface area contributed by atoms with Gasteiger partial charge < -0.3 is 14.6 Å². The van der Waals surface area contributed by atoms with Crippen molar-refractivity contribution in [1.29, 1.82) is 0 Å². The van der Waals surface area contributed by atoms with Crippen molar-refractivity contribution in [2.75, 3.05) is 23.3 Å². The summed E-state index contributed by atoms with van der Waals surface area (Å²) in [4.78, 5) is 30.9. The van der Waals surface area contributed by atoms with E-state index in [2.05, 4.69) is 15.2 Å². The molecule has 2 aromatic heterocycles. The summed E-state index contributed by atoms with van der Waals surface area (Å²) in [5.74, 6) is 0.768. The summed E-state index contributed by atoms with van der Waals surface area (Å²) in [5.41, 5.74) is 1.59. The van der Waals surface area contributed by atoms with Crippen LogP contribution < -0.4 is 15.8 Å². The minimum absolute atomic E-state index is 0.0232. The molecular weight excluding hydrogens is 342 g/mol. The van der Waals surface area contributed by atoms with Gasteiger partial charge in [-0.3, -0.25) is 4.79 Å². The highest BCUT2D eigenvalue weighted by Crippen LogP contribution is 2.24. The van der Waals surface area contributed by atoms with Crippen LogP contribution in [0.4, 0.5) is 11.5 Å². The van der Waals surface area contributed by atoms with Crippen molar-refractivity contribution in [3.05, 3.63) is 64.6 Å². The van der Waals surface area contributed by atoms with Gasteiger partial charge in [0.25, 0.3) is 0 Å². The number of hydrogen-bond donors (Lipinski definition) is 1. The predicted octanol–water partition coefficient (Wildman–Crippen LogP) is 3.35. The third-order valence-corrected chi connectivity index (χ3v) is 4.98. The molecule has 1 amide bonds. The lowest BCUT2D eigenvalue weighted by Gasteiger charge is -2.32. The minimum atomic E-state index is -0.387. The van der Waals surface area contributed by atoms with Crippen molar-refractivity contribution in [3.63, 3.8) is 0 Å². The Morgan fingerprint density at radius 1 is 1.26 bits per heavy atom. The zero-order chi connectivity index (χ0) is 18.8. The van der Waals surface area contributed by atoms with Crippen LogP contribution in [0, 0.1) is 12.8 Å². The number of aryl methyl sites for hydroxylation is 1. The Labute approximate surface area is 156 Å². The summed E-state index contributed by atoms with van der Waals surface area (Å²) < 4.78 is 5.26. The molecule has 0 spiro atoms. The van der Waals surface area contributed by atoms with Gasteiger partial charge in [0, 0.05) is 42.5 Å². The fraction of sp³-hybridized carbons (Fsp3) is 0.286. The fourth-order valence-electron chi connectivity index (χ4n) is 3.59. The zero-order valence-electron chi connectivity index (χ0n) is 15.1. The molecule has 138 valence electrons. The summed E-state index contributed by atoms with van der Waals surface area (Å²) in [6.45, 7) is 3.41. The molecule has 0 saturated carbocycles. The van der Waals surface area contributed by atoms with Gasteiger partial charge in [0.2, 0.25) is 5.91 Å². The van der Waals surface area contributed by atoms with Crippen molar-refractivity contribution in [2.45, 2.75) is 19.8 Å². The summed E-state index contributed by atoms with van der Waals surface area (Å²) in [6.07, 6.45) is 3.56. The van der Waals surface area contributed by atoms with Gasteiger partial charge in [-0.2, -0.15) is 0 Å². The summed E-state index contributed by atoms with van der Waals surface area (Å²) in [5, 5.41) is 3.83. The molecule has 4 rings (SSSR count).